The van der Waals surface area contributed by atoms with Crippen LogP contribution in [0.2, 0.25) is 0 Å². The summed E-state index contributed by atoms with van der Waals surface area (Å²) in [4.78, 5) is 10.9. The average molecular weight is 391 g/mol. The maximum absolute atomic E-state index is 13.2. The number of rotatable bonds is 7. The van der Waals surface area contributed by atoms with Gasteiger partial charge in [-0.1, -0.05) is 12.1 Å². The minimum Gasteiger partial charge on any atom is -0.298 e. The van der Waals surface area contributed by atoms with Crippen molar-refractivity contribution in [3.8, 4) is 11.1 Å². The molecule has 1 atom stereocenters. The molecule has 0 spiro atoms. The van der Waals surface area contributed by atoms with Gasteiger partial charge in [0.25, 0.3) is 5.69 Å². The zero-order chi connectivity index (χ0) is 19.2. The first-order valence-corrected chi connectivity index (χ1v) is 10.2. The van der Waals surface area contributed by atoms with Crippen molar-refractivity contribution in [3.05, 3.63) is 64.0 Å². The standard InChI is InChI=1S/C18H19FN3O4P/c1-13(26-27(25,20-8-9-20)21-10-11-21)15-4-7-18(22(23)24)17(12-15)14-2-5-16(19)6-3-14/h2-7,12-13H,8-11H2,1H3. The van der Waals surface area contributed by atoms with Gasteiger partial charge in [-0.15, -0.1) is 0 Å². The molecule has 0 aliphatic carbocycles. The lowest BCUT2D eigenvalue weighted by Crippen LogP contribution is -2.10. The number of nitro benzene ring substituents is 1. The summed E-state index contributed by atoms with van der Waals surface area (Å²) < 4.78 is 36.0. The van der Waals surface area contributed by atoms with E-state index in [4.69, 9.17) is 4.52 Å². The molecule has 0 aromatic heterocycles. The number of benzene rings is 2. The summed E-state index contributed by atoms with van der Waals surface area (Å²) in [6.45, 7) is 4.79. The predicted octanol–water partition coefficient (Wildman–Crippen LogP) is 4.22. The highest BCUT2D eigenvalue weighted by atomic mass is 31.2. The molecule has 2 aliphatic heterocycles. The van der Waals surface area contributed by atoms with Crippen molar-refractivity contribution < 1.29 is 18.4 Å². The van der Waals surface area contributed by atoms with Crippen LogP contribution in [0.3, 0.4) is 0 Å². The lowest BCUT2D eigenvalue weighted by molar-refractivity contribution is -0.384. The molecule has 27 heavy (non-hydrogen) atoms. The molecular formula is C18H19FN3O4P. The summed E-state index contributed by atoms with van der Waals surface area (Å²) in [5, 5.41) is 11.4. The Hall–Kier alpha value is -2.12. The monoisotopic (exact) mass is 391 g/mol. The van der Waals surface area contributed by atoms with Crippen molar-refractivity contribution >= 4 is 13.4 Å². The molecule has 7 nitrogen and oxygen atoms in total. The maximum Gasteiger partial charge on any atom is 0.346 e. The summed E-state index contributed by atoms with van der Waals surface area (Å²) in [6.07, 6.45) is -0.503. The smallest absolute Gasteiger partial charge is 0.298 e. The molecule has 4 rings (SSSR count). The van der Waals surface area contributed by atoms with Crippen LogP contribution < -0.4 is 0 Å². The molecule has 0 bridgehead atoms. The first kappa shape index (κ1) is 18.3. The van der Waals surface area contributed by atoms with E-state index in [1.807, 2.05) is 9.34 Å². The Labute approximate surface area is 156 Å². The van der Waals surface area contributed by atoms with Crippen LogP contribution in [0.1, 0.15) is 18.6 Å². The van der Waals surface area contributed by atoms with Gasteiger partial charge in [0.1, 0.15) is 5.82 Å². The molecular weight excluding hydrogens is 372 g/mol. The fourth-order valence-corrected chi connectivity index (χ4v) is 5.35. The largest absolute Gasteiger partial charge is 0.346 e. The molecule has 0 N–H and O–H groups in total. The molecule has 0 radical (unpaired) electrons. The Bertz CT molecular complexity index is 913. The summed E-state index contributed by atoms with van der Waals surface area (Å²) in [7, 11) is -3.00. The molecule has 1 unspecified atom stereocenters. The quantitative estimate of drug-likeness (QED) is 0.305. The fourth-order valence-electron chi connectivity index (χ4n) is 3.00. The van der Waals surface area contributed by atoms with Crippen molar-refractivity contribution in [2.24, 2.45) is 0 Å². The summed E-state index contributed by atoms with van der Waals surface area (Å²) in [5.41, 5.74) is 1.53. The van der Waals surface area contributed by atoms with Gasteiger partial charge < -0.3 is 0 Å². The van der Waals surface area contributed by atoms with Crippen molar-refractivity contribution in [1.29, 1.82) is 0 Å². The van der Waals surface area contributed by atoms with Gasteiger partial charge in [0, 0.05) is 32.2 Å². The molecule has 0 amide bonds. The van der Waals surface area contributed by atoms with Gasteiger partial charge in [0.15, 0.2) is 0 Å². The molecule has 2 aromatic rings. The number of halogens is 1. The van der Waals surface area contributed by atoms with E-state index in [9.17, 15) is 19.1 Å². The van der Waals surface area contributed by atoms with E-state index < -0.39 is 24.5 Å². The molecule has 0 saturated carbocycles. The minimum absolute atomic E-state index is 0.0716. The SMILES string of the molecule is CC(OP(=O)(N1CC1)N1CC1)c1ccc([N+](=O)[O-])c(-c2ccc(F)cc2)c1. The third-order valence-electron chi connectivity index (χ3n) is 4.70. The van der Waals surface area contributed by atoms with E-state index in [0.29, 0.717) is 16.7 Å². The lowest BCUT2D eigenvalue weighted by Gasteiger charge is -2.24. The first-order chi connectivity index (χ1) is 12.9. The third kappa shape index (κ3) is 3.66. The van der Waals surface area contributed by atoms with E-state index in [0.717, 1.165) is 26.2 Å². The van der Waals surface area contributed by atoms with Crippen LogP contribution in [0.5, 0.6) is 0 Å². The summed E-state index contributed by atoms with van der Waals surface area (Å²) in [6, 6.07) is 10.2. The van der Waals surface area contributed by atoms with E-state index in [1.54, 1.807) is 19.1 Å². The van der Waals surface area contributed by atoms with Crippen molar-refractivity contribution in [3.63, 3.8) is 0 Å². The topological polar surface area (TPSA) is 75.5 Å². The molecule has 2 heterocycles. The predicted molar refractivity (Wildman–Crippen MR) is 98.7 cm³/mol. The normalized spacial score (nSPS) is 18.3. The molecule has 9 heteroatoms. The van der Waals surface area contributed by atoms with Crippen LogP contribution in [-0.2, 0) is 9.09 Å². The molecule has 2 aliphatic rings. The number of nitrogens with zero attached hydrogens (tertiary/aromatic N) is 3. The molecule has 2 aromatic carbocycles. The fraction of sp³-hybridized carbons (Fsp3) is 0.333. The Kier molecular flexibility index (Phi) is 4.60. The highest BCUT2D eigenvalue weighted by molar-refractivity contribution is 7.54. The maximum atomic E-state index is 13.2. The second kappa shape index (κ2) is 6.80. The highest BCUT2D eigenvalue weighted by Crippen LogP contribution is 2.63. The molecule has 2 fully saturated rings. The Morgan fingerprint density at radius 1 is 1.11 bits per heavy atom. The Balaban J connectivity index is 1.66. The second-order valence-corrected chi connectivity index (χ2v) is 9.01. The van der Waals surface area contributed by atoms with Crippen LogP contribution in [-0.4, -0.2) is 40.4 Å². The van der Waals surface area contributed by atoms with E-state index in [2.05, 4.69) is 0 Å². The number of hydrogen-bond donors (Lipinski definition) is 0. The second-order valence-electron chi connectivity index (χ2n) is 6.69. The Morgan fingerprint density at radius 3 is 2.22 bits per heavy atom. The minimum atomic E-state index is -3.00. The third-order valence-corrected chi connectivity index (χ3v) is 7.52. The van der Waals surface area contributed by atoms with Crippen LogP contribution >= 0.6 is 7.67 Å². The number of nitro groups is 1. The molecule has 2 saturated heterocycles. The van der Waals surface area contributed by atoms with Crippen molar-refractivity contribution in [2.75, 3.05) is 26.2 Å². The van der Waals surface area contributed by atoms with Crippen molar-refractivity contribution in [1.82, 2.24) is 9.34 Å². The van der Waals surface area contributed by atoms with Gasteiger partial charge in [0.2, 0.25) is 0 Å². The zero-order valence-electron chi connectivity index (χ0n) is 14.7. The van der Waals surface area contributed by atoms with Crippen molar-refractivity contribution in [2.45, 2.75) is 13.0 Å². The first-order valence-electron chi connectivity index (χ1n) is 8.72. The van der Waals surface area contributed by atoms with Gasteiger partial charge >= 0.3 is 7.67 Å². The zero-order valence-corrected chi connectivity index (χ0v) is 15.6. The molecule has 142 valence electrons. The van der Waals surface area contributed by atoms with Crippen LogP contribution in [0.4, 0.5) is 10.1 Å². The van der Waals surface area contributed by atoms with Gasteiger partial charge in [-0.25, -0.2) is 13.7 Å². The van der Waals surface area contributed by atoms with E-state index in [-0.39, 0.29) is 5.69 Å². The average Bonchev–Trinajstić information content (AvgIpc) is 3.53. The lowest BCUT2D eigenvalue weighted by atomic mass is 9.99. The van der Waals surface area contributed by atoms with E-state index >= 15 is 0 Å². The van der Waals surface area contributed by atoms with E-state index in [1.165, 1.54) is 30.3 Å². The van der Waals surface area contributed by atoms with Gasteiger partial charge in [-0.2, -0.15) is 0 Å². The van der Waals surface area contributed by atoms with Crippen LogP contribution in [0, 0.1) is 15.9 Å². The van der Waals surface area contributed by atoms with Gasteiger partial charge in [-0.3, -0.25) is 19.2 Å². The van der Waals surface area contributed by atoms with Gasteiger partial charge in [-0.05, 0) is 42.3 Å². The Morgan fingerprint density at radius 2 is 1.70 bits per heavy atom. The number of hydrogen-bond acceptors (Lipinski definition) is 4. The van der Waals surface area contributed by atoms with Crippen LogP contribution in [0.15, 0.2) is 42.5 Å². The summed E-state index contributed by atoms with van der Waals surface area (Å²) in [5.74, 6) is -0.410. The summed E-state index contributed by atoms with van der Waals surface area (Å²) >= 11 is 0. The van der Waals surface area contributed by atoms with Gasteiger partial charge in [0.05, 0.1) is 16.6 Å². The van der Waals surface area contributed by atoms with Crippen LogP contribution in [0.25, 0.3) is 11.1 Å². The highest BCUT2D eigenvalue weighted by Gasteiger charge is 2.50.